The van der Waals surface area contributed by atoms with Gasteiger partial charge in [-0.05, 0) is 41.7 Å². The number of benzene rings is 2. The molecule has 0 radical (unpaired) electrons. The fraction of sp³-hybridized carbons (Fsp3) is 0.333. The minimum absolute atomic E-state index is 0.00594. The third kappa shape index (κ3) is 4.59. The molecular weight excluding hydrogens is 262 g/mol. The fourth-order valence-corrected chi connectivity index (χ4v) is 2.32. The van der Waals surface area contributed by atoms with E-state index in [-0.39, 0.29) is 6.04 Å². The normalized spacial score (nSPS) is 12.1. The van der Waals surface area contributed by atoms with Crippen molar-refractivity contribution in [2.24, 2.45) is 5.73 Å². The molecule has 0 heterocycles. The molecule has 2 aromatic rings. The van der Waals surface area contributed by atoms with E-state index in [1.807, 2.05) is 18.2 Å². The van der Waals surface area contributed by atoms with Gasteiger partial charge in [-0.3, -0.25) is 0 Å². The largest absolute Gasteiger partial charge is 0.497 e. The number of hydrogen-bond donors (Lipinski definition) is 1. The third-order valence-electron chi connectivity index (χ3n) is 3.59. The van der Waals surface area contributed by atoms with E-state index in [2.05, 4.69) is 30.3 Å². The molecule has 3 heteroatoms. The molecule has 0 aromatic heterocycles. The number of nitrogens with two attached hydrogens (primary N) is 1. The fourth-order valence-electron chi connectivity index (χ4n) is 2.32. The summed E-state index contributed by atoms with van der Waals surface area (Å²) in [5.41, 5.74) is 9.91. The zero-order valence-electron chi connectivity index (χ0n) is 12.7. The first kappa shape index (κ1) is 15.5. The highest BCUT2D eigenvalue weighted by molar-refractivity contribution is 5.31. The Morgan fingerprint density at radius 3 is 2.43 bits per heavy atom. The number of methoxy groups -OCH3 is 2. The second-order valence-electron chi connectivity index (χ2n) is 5.15. The molecule has 0 saturated heterocycles. The van der Waals surface area contributed by atoms with Crippen LogP contribution in [0, 0.1) is 0 Å². The van der Waals surface area contributed by atoms with E-state index < -0.39 is 0 Å². The van der Waals surface area contributed by atoms with Crippen LogP contribution in [0.3, 0.4) is 0 Å². The molecule has 21 heavy (non-hydrogen) atoms. The van der Waals surface area contributed by atoms with Crippen molar-refractivity contribution < 1.29 is 9.47 Å². The topological polar surface area (TPSA) is 44.5 Å². The van der Waals surface area contributed by atoms with Crippen LogP contribution in [0.15, 0.2) is 48.5 Å². The maximum atomic E-state index is 6.30. The predicted octanol–water partition coefficient (Wildman–Crippen LogP) is 3.13. The maximum Gasteiger partial charge on any atom is 0.119 e. The van der Waals surface area contributed by atoms with Crippen LogP contribution in [0.5, 0.6) is 5.75 Å². The van der Waals surface area contributed by atoms with Gasteiger partial charge >= 0.3 is 0 Å². The molecule has 1 atom stereocenters. The van der Waals surface area contributed by atoms with Crippen LogP contribution in [0.1, 0.15) is 22.7 Å². The van der Waals surface area contributed by atoms with Crippen LogP contribution in [0.25, 0.3) is 0 Å². The van der Waals surface area contributed by atoms with Crippen molar-refractivity contribution in [3.8, 4) is 5.75 Å². The average Bonchev–Trinajstić information content (AvgIpc) is 2.53. The monoisotopic (exact) mass is 285 g/mol. The van der Waals surface area contributed by atoms with Crippen molar-refractivity contribution in [2.45, 2.75) is 18.9 Å². The average molecular weight is 285 g/mol. The number of rotatable bonds is 7. The van der Waals surface area contributed by atoms with Gasteiger partial charge in [0.15, 0.2) is 0 Å². The molecule has 0 amide bonds. The van der Waals surface area contributed by atoms with Gasteiger partial charge in [-0.15, -0.1) is 0 Å². The zero-order valence-corrected chi connectivity index (χ0v) is 12.7. The van der Waals surface area contributed by atoms with Gasteiger partial charge in [0.1, 0.15) is 5.75 Å². The Morgan fingerprint density at radius 1 is 1.00 bits per heavy atom. The van der Waals surface area contributed by atoms with Gasteiger partial charge in [0.2, 0.25) is 0 Å². The quantitative estimate of drug-likeness (QED) is 0.850. The summed E-state index contributed by atoms with van der Waals surface area (Å²) in [6.07, 6.45) is 1.73. The Morgan fingerprint density at radius 2 is 1.76 bits per heavy atom. The molecule has 0 aliphatic rings. The Labute approximate surface area is 126 Å². The van der Waals surface area contributed by atoms with Crippen LogP contribution in [-0.4, -0.2) is 20.8 Å². The van der Waals surface area contributed by atoms with Gasteiger partial charge in [-0.25, -0.2) is 0 Å². The van der Waals surface area contributed by atoms with Crippen LogP contribution in [0.4, 0.5) is 0 Å². The summed E-state index contributed by atoms with van der Waals surface area (Å²) in [7, 11) is 3.40. The first-order chi connectivity index (χ1) is 10.2. The van der Waals surface area contributed by atoms with Crippen molar-refractivity contribution in [2.75, 3.05) is 20.8 Å². The zero-order chi connectivity index (χ0) is 15.1. The third-order valence-corrected chi connectivity index (χ3v) is 3.59. The second kappa shape index (κ2) is 7.81. The van der Waals surface area contributed by atoms with Crippen LogP contribution >= 0.6 is 0 Å². The standard InChI is InChI=1S/C18H23NO2/c1-20-11-10-14-6-8-16(9-7-14)18(19)13-15-4-3-5-17(12-15)21-2/h3-9,12,18H,10-11,13,19H2,1-2H3. The van der Waals surface area contributed by atoms with Crippen molar-refractivity contribution in [1.29, 1.82) is 0 Å². The van der Waals surface area contributed by atoms with Gasteiger partial charge in [-0.1, -0.05) is 36.4 Å². The Kier molecular flexibility index (Phi) is 5.78. The minimum atomic E-state index is -0.00594. The second-order valence-corrected chi connectivity index (χ2v) is 5.15. The van der Waals surface area contributed by atoms with Crippen LogP contribution in [0.2, 0.25) is 0 Å². The Balaban J connectivity index is 2.00. The van der Waals surface area contributed by atoms with Crippen molar-refractivity contribution in [1.82, 2.24) is 0 Å². The molecule has 0 bridgehead atoms. The molecule has 0 fully saturated rings. The van der Waals surface area contributed by atoms with E-state index >= 15 is 0 Å². The summed E-state index contributed by atoms with van der Waals surface area (Å²) in [5, 5.41) is 0. The maximum absolute atomic E-state index is 6.30. The number of ether oxygens (including phenoxy) is 2. The molecule has 0 aliphatic heterocycles. The molecule has 2 N–H and O–H groups in total. The van der Waals surface area contributed by atoms with Crippen LogP contribution < -0.4 is 10.5 Å². The molecule has 1 unspecified atom stereocenters. The Hall–Kier alpha value is -1.84. The van der Waals surface area contributed by atoms with Crippen molar-refractivity contribution in [3.63, 3.8) is 0 Å². The molecule has 3 nitrogen and oxygen atoms in total. The summed E-state index contributed by atoms with van der Waals surface area (Å²) >= 11 is 0. The van der Waals surface area contributed by atoms with Crippen molar-refractivity contribution in [3.05, 3.63) is 65.2 Å². The van der Waals surface area contributed by atoms with E-state index in [1.54, 1.807) is 14.2 Å². The summed E-state index contributed by atoms with van der Waals surface area (Å²) in [4.78, 5) is 0. The Bertz CT molecular complexity index is 551. The number of hydrogen-bond acceptors (Lipinski definition) is 3. The van der Waals surface area contributed by atoms with E-state index in [0.717, 1.165) is 30.8 Å². The minimum Gasteiger partial charge on any atom is -0.497 e. The summed E-state index contributed by atoms with van der Waals surface area (Å²) in [5.74, 6) is 0.870. The highest BCUT2D eigenvalue weighted by Gasteiger charge is 2.08. The molecule has 112 valence electrons. The van der Waals surface area contributed by atoms with Crippen LogP contribution in [-0.2, 0) is 17.6 Å². The molecular formula is C18H23NO2. The molecule has 0 spiro atoms. The molecule has 2 rings (SSSR count). The van der Waals surface area contributed by atoms with Crippen molar-refractivity contribution >= 4 is 0 Å². The van der Waals surface area contributed by atoms with E-state index in [9.17, 15) is 0 Å². The smallest absolute Gasteiger partial charge is 0.119 e. The van der Waals surface area contributed by atoms with Gasteiger partial charge in [0.05, 0.1) is 13.7 Å². The first-order valence-electron chi connectivity index (χ1n) is 7.19. The summed E-state index contributed by atoms with van der Waals surface area (Å²) < 4.78 is 10.3. The molecule has 2 aromatic carbocycles. The lowest BCUT2D eigenvalue weighted by Gasteiger charge is -2.13. The van der Waals surface area contributed by atoms with Gasteiger partial charge in [0.25, 0.3) is 0 Å². The molecule has 0 saturated carbocycles. The predicted molar refractivity (Wildman–Crippen MR) is 85.6 cm³/mol. The highest BCUT2D eigenvalue weighted by atomic mass is 16.5. The van der Waals surface area contributed by atoms with Gasteiger partial charge in [0, 0.05) is 13.2 Å². The lowest BCUT2D eigenvalue weighted by Crippen LogP contribution is -2.13. The van der Waals surface area contributed by atoms with E-state index in [0.29, 0.717) is 0 Å². The van der Waals surface area contributed by atoms with E-state index in [1.165, 1.54) is 11.1 Å². The molecule has 0 aliphatic carbocycles. The van der Waals surface area contributed by atoms with Gasteiger partial charge < -0.3 is 15.2 Å². The SMILES string of the molecule is COCCc1ccc(C(N)Cc2cccc(OC)c2)cc1. The summed E-state index contributed by atoms with van der Waals surface area (Å²) in [6, 6.07) is 16.5. The first-order valence-corrected chi connectivity index (χ1v) is 7.19. The van der Waals surface area contributed by atoms with E-state index in [4.69, 9.17) is 15.2 Å². The highest BCUT2D eigenvalue weighted by Crippen LogP contribution is 2.20. The van der Waals surface area contributed by atoms with Gasteiger partial charge in [-0.2, -0.15) is 0 Å². The lowest BCUT2D eigenvalue weighted by molar-refractivity contribution is 0.202. The summed E-state index contributed by atoms with van der Waals surface area (Å²) in [6.45, 7) is 0.745. The lowest BCUT2D eigenvalue weighted by atomic mass is 9.98.